The van der Waals surface area contributed by atoms with Gasteiger partial charge in [-0.3, -0.25) is 4.79 Å². The highest BCUT2D eigenvalue weighted by Crippen LogP contribution is 2.11. The summed E-state index contributed by atoms with van der Waals surface area (Å²) in [5, 5.41) is 0. The largest absolute Gasteiger partial charge is 0.466 e. The second-order valence-corrected chi connectivity index (χ2v) is 5.01. The number of esters is 1. The third-order valence-electron chi connectivity index (χ3n) is 3.25. The van der Waals surface area contributed by atoms with Gasteiger partial charge in [0.15, 0.2) is 0 Å². The fourth-order valence-electron chi connectivity index (χ4n) is 2.12. The summed E-state index contributed by atoms with van der Waals surface area (Å²) in [6.07, 6.45) is 14.9. The minimum Gasteiger partial charge on any atom is -0.466 e. The van der Waals surface area contributed by atoms with Gasteiger partial charge in [-0.1, -0.05) is 71.1 Å². The van der Waals surface area contributed by atoms with Crippen molar-refractivity contribution in [1.82, 2.24) is 0 Å². The molecular formula is C16H31O2. The monoisotopic (exact) mass is 255 g/mol. The van der Waals surface area contributed by atoms with Crippen LogP contribution in [-0.2, 0) is 9.53 Å². The average Bonchev–Trinajstić information content (AvgIpc) is 2.36. The maximum Gasteiger partial charge on any atom is 0.305 e. The number of carbonyl (C=O) groups is 1. The molecule has 0 aliphatic rings. The molecular weight excluding hydrogens is 224 g/mol. The molecule has 0 bridgehead atoms. The van der Waals surface area contributed by atoms with E-state index in [1.807, 2.05) is 0 Å². The normalized spacial score (nSPS) is 10.6. The standard InChI is InChI=1S/C16H31O2/c1-3-5-6-7-8-9-10-11-12-13-14-15-16(17)18-4-2/h2-15H2,1H3. The van der Waals surface area contributed by atoms with E-state index in [9.17, 15) is 4.79 Å². The number of rotatable bonds is 13. The average molecular weight is 255 g/mol. The molecule has 0 aromatic heterocycles. The van der Waals surface area contributed by atoms with Gasteiger partial charge >= 0.3 is 5.97 Å². The van der Waals surface area contributed by atoms with Gasteiger partial charge in [-0.25, -0.2) is 0 Å². The minimum absolute atomic E-state index is 0.0964. The lowest BCUT2D eigenvalue weighted by molar-refractivity contribution is -0.142. The summed E-state index contributed by atoms with van der Waals surface area (Å²) in [6.45, 7) is 6.00. The zero-order chi connectivity index (χ0) is 13.5. The number of unbranched alkanes of at least 4 members (excludes halogenated alkanes) is 10. The van der Waals surface area contributed by atoms with E-state index in [0.29, 0.717) is 6.42 Å². The highest BCUT2D eigenvalue weighted by Gasteiger charge is 2.00. The molecule has 0 atom stereocenters. The first-order valence-electron chi connectivity index (χ1n) is 7.76. The molecule has 0 unspecified atom stereocenters. The van der Waals surface area contributed by atoms with E-state index in [0.717, 1.165) is 12.8 Å². The van der Waals surface area contributed by atoms with Gasteiger partial charge in [0.2, 0.25) is 0 Å². The van der Waals surface area contributed by atoms with Crippen molar-refractivity contribution in [3.8, 4) is 0 Å². The maximum absolute atomic E-state index is 11.0. The van der Waals surface area contributed by atoms with E-state index in [1.54, 1.807) is 0 Å². The third-order valence-corrected chi connectivity index (χ3v) is 3.25. The van der Waals surface area contributed by atoms with Gasteiger partial charge in [0.05, 0.1) is 6.61 Å². The van der Waals surface area contributed by atoms with Gasteiger partial charge in [-0.05, 0) is 13.3 Å². The molecule has 107 valence electrons. The lowest BCUT2D eigenvalue weighted by Gasteiger charge is -2.03. The molecule has 1 radical (unpaired) electrons. The van der Waals surface area contributed by atoms with Gasteiger partial charge in [0, 0.05) is 6.42 Å². The first kappa shape index (κ1) is 17.5. The highest BCUT2D eigenvalue weighted by atomic mass is 16.5. The summed E-state index contributed by atoms with van der Waals surface area (Å²) in [5.74, 6) is -0.0964. The van der Waals surface area contributed by atoms with Crippen LogP contribution in [0.3, 0.4) is 0 Å². The minimum atomic E-state index is -0.0964. The molecule has 2 nitrogen and oxygen atoms in total. The van der Waals surface area contributed by atoms with Crippen LogP contribution < -0.4 is 0 Å². The fourth-order valence-corrected chi connectivity index (χ4v) is 2.12. The third kappa shape index (κ3) is 13.5. The Morgan fingerprint density at radius 1 is 0.833 bits per heavy atom. The molecule has 0 amide bonds. The van der Waals surface area contributed by atoms with Crippen LogP contribution >= 0.6 is 0 Å². The van der Waals surface area contributed by atoms with Crippen molar-refractivity contribution >= 4 is 5.97 Å². The van der Waals surface area contributed by atoms with Crippen molar-refractivity contribution in [2.24, 2.45) is 0 Å². The van der Waals surface area contributed by atoms with Crippen molar-refractivity contribution in [3.05, 3.63) is 6.92 Å². The van der Waals surface area contributed by atoms with E-state index in [4.69, 9.17) is 4.74 Å². The number of hydrogen-bond acceptors (Lipinski definition) is 2. The number of carbonyl (C=O) groups excluding carboxylic acids is 1. The first-order chi connectivity index (χ1) is 8.81. The zero-order valence-corrected chi connectivity index (χ0v) is 12.2. The van der Waals surface area contributed by atoms with Crippen molar-refractivity contribution in [3.63, 3.8) is 0 Å². The van der Waals surface area contributed by atoms with Crippen molar-refractivity contribution in [1.29, 1.82) is 0 Å². The Bertz CT molecular complexity index is 178. The molecule has 0 heterocycles. The van der Waals surface area contributed by atoms with E-state index in [1.165, 1.54) is 57.8 Å². The molecule has 18 heavy (non-hydrogen) atoms. The maximum atomic E-state index is 11.0. The summed E-state index contributed by atoms with van der Waals surface area (Å²) in [7, 11) is 0. The molecule has 0 aromatic rings. The Labute approximate surface area is 113 Å². The molecule has 0 rings (SSSR count). The smallest absolute Gasteiger partial charge is 0.305 e. The molecule has 0 aliphatic carbocycles. The van der Waals surface area contributed by atoms with E-state index in [2.05, 4.69) is 13.8 Å². The van der Waals surface area contributed by atoms with E-state index >= 15 is 0 Å². The molecule has 0 N–H and O–H groups in total. The Kier molecular flexibility index (Phi) is 14.1. The SMILES string of the molecule is [CH2]COC(=O)CCCCCCCCCCCCC. The lowest BCUT2D eigenvalue weighted by atomic mass is 10.1. The second-order valence-electron chi connectivity index (χ2n) is 5.01. The van der Waals surface area contributed by atoms with Crippen LogP contribution in [-0.4, -0.2) is 12.6 Å². The van der Waals surface area contributed by atoms with Gasteiger partial charge < -0.3 is 4.74 Å². The van der Waals surface area contributed by atoms with Crippen LogP contribution in [0, 0.1) is 6.92 Å². The second kappa shape index (κ2) is 14.5. The predicted octanol–water partition coefficient (Wildman–Crippen LogP) is 5.06. The van der Waals surface area contributed by atoms with Gasteiger partial charge in [0.1, 0.15) is 0 Å². The molecule has 0 aromatic carbocycles. The summed E-state index contributed by atoms with van der Waals surface area (Å²) < 4.78 is 4.78. The quantitative estimate of drug-likeness (QED) is 0.339. The zero-order valence-electron chi connectivity index (χ0n) is 12.2. The van der Waals surface area contributed by atoms with Crippen LogP contribution in [0.1, 0.15) is 84.0 Å². The van der Waals surface area contributed by atoms with Gasteiger partial charge in [-0.15, -0.1) is 0 Å². The Morgan fingerprint density at radius 2 is 1.28 bits per heavy atom. The Balaban J connectivity index is 3.01. The van der Waals surface area contributed by atoms with Gasteiger partial charge in [-0.2, -0.15) is 0 Å². The van der Waals surface area contributed by atoms with E-state index < -0.39 is 0 Å². The summed E-state index contributed by atoms with van der Waals surface area (Å²) in [4.78, 5) is 11.0. The van der Waals surface area contributed by atoms with E-state index in [-0.39, 0.29) is 12.6 Å². The number of ether oxygens (including phenoxy) is 1. The lowest BCUT2D eigenvalue weighted by Crippen LogP contribution is -2.03. The summed E-state index contributed by atoms with van der Waals surface area (Å²) >= 11 is 0. The molecule has 0 saturated heterocycles. The summed E-state index contributed by atoms with van der Waals surface area (Å²) in [5.41, 5.74) is 0. The van der Waals surface area contributed by atoms with Crippen LogP contribution in [0.2, 0.25) is 0 Å². The van der Waals surface area contributed by atoms with Crippen LogP contribution in [0.25, 0.3) is 0 Å². The van der Waals surface area contributed by atoms with Crippen LogP contribution in [0.5, 0.6) is 0 Å². The molecule has 0 saturated carbocycles. The van der Waals surface area contributed by atoms with Crippen molar-refractivity contribution < 1.29 is 9.53 Å². The number of hydrogen-bond donors (Lipinski definition) is 0. The van der Waals surface area contributed by atoms with Crippen LogP contribution in [0.15, 0.2) is 0 Å². The topological polar surface area (TPSA) is 26.3 Å². The first-order valence-corrected chi connectivity index (χ1v) is 7.76. The fraction of sp³-hybridized carbons (Fsp3) is 0.875. The molecule has 0 fully saturated rings. The summed E-state index contributed by atoms with van der Waals surface area (Å²) in [6, 6.07) is 0. The Morgan fingerprint density at radius 3 is 1.72 bits per heavy atom. The molecule has 0 spiro atoms. The van der Waals surface area contributed by atoms with Gasteiger partial charge in [0.25, 0.3) is 0 Å². The van der Waals surface area contributed by atoms with Crippen molar-refractivity contribution in [2.45, 2.75) is 84.0 Å². The highest BCUT2D eigenvalue weighted by molar-refractivity contribution is 5.69. The Hall–Kier alpha value is -0.530. The van der Waals surface area contributed by atoms with Crippen LogP contribution in [0.4, 0.5) is 0 Å². The molecule has 0 aliphatic heterocycles. The molecule has 2 heteroatoms. The van der Waals surface area contributed by atoms with Crippen molar-refractivity contribution in [2.75, 3.05) is 6.61 Å². The predicted molar refractivity (Wildman–Crippen MR) is 77.4 cm³/mol.